The van der Waals surface area contributed by atoms with Gasteiger partial charge in [-0.1, -0.05) is 20.8 Å². The van der Waals surface area contributed by atoms with Crippen LogP contribution >= 0.6 is 0 Å². The molecule has 1 unspecified atom stereocenters. The SMILES string of the molecule is CNCCCNC(=O)CC(C)C(C)C. The highest BCUT2D eigenvalue weighted by Gasteiger charge is 2.11. The molecule has 0 aromatic carbocycles. The summed E-state index contributed by atoms with van der Waals surface area (Å²) in [6, 6.07) is 0. The average molecular weight is 200 g/mol. The van der Waals surface area contributed by atoms with Crippen molar-refractivity contribution < 1.29 is 4.79 Å². The van der Waals surface area contributed by atoms with Gasteiger partial charge in [0.2, 0.25) is 5.91 Å². The Hall–Kier alpha value is -0.570. The van der Waals surface area contributed by atoms with Crippen molar-refractivity contribution in [3.8, 4) is 0 Å². The molecule has 1 atom stereocenters. The van der Waals surface area contributed by atoms with Crippen LogP contribution in [0.3, 0.4) is 0 Å². The number of rotatable bonds is 7. The minimum absolute atomic E-state index is 0.183. The summed E-state index contributed by atoms with van der Waals surface area (Å²) in [5.74, 6) is 1.24. The van der Waals surface area contributed by atoms with Gasteiger partial charge in [-0.25, -0.2) is 0 Å². The van der Waals surface area contributed by atoms with Crippen LogP contribution in [0.25, 0.3) is 0 Å². The molecule has 0 spiro atoms. The lowest BCUT2D eigenvalue weighted by Gasteiger charge is -2.14. The first-order chi connectivity index (χ1) is 6.57. The Bertz CT molecular complexity index is 157. The fourth-order valence-electron chi connectivity index (χ4n) is 1.09. The first-order valence-corrected chi connectivity index (χ1v) is 5.49. The average Bonchev–Trinajstić information content (AvgIpc) is 2.12. The maximum atomic E-state index is 11.4. The molecule has 3 nitrogen and oxygen atoms in total. The molecule has 0 heterocycles. The summed E-state index contributed by atoms with van der Waals surface area (Å²) in [7, 11) is 1.92. The van der Waals surface area contributed by atoms with Crippen LogP contribution in [0.2, 0.25) is 0 Å². The lowest BCUT2D eigenvalue weighted by molar-refractivity contribution is -0.122. The lowest BCUT2D eigenvalue weighted by atomic mass is 9.94. The highest BCUT2D eigenvalue weighted by Crippen LogP contribution is 2.13. The van der Waals surface area contributed by atoms with E-state index in [2.05, 4.69) is 31.4 Å². The highest BCUT2D eigenvalue weighted by molar-refractivity contribution is 5.76. The Morgan fingerprint density at radius 3 is 2.36 bits per heavy atom. The van der Waals surface area contributed by atoms with Crippen molar-refractivity contribution in [2.24, 2.45) is 11.8 Å². The van der Waals surface area contributed by atoms with Crippen LogP contribution in [0, 0.1) is 11.8 Å². The highest BCUT2D eigenvalue weighted by atomic mass is 16.1. The summed E-state index contributed by atoms with van der Waals surface area (Å²) in [6.45, 7) is 8.17. The summed E-state index contributed by atoms with van der Waals surface area (Å²) < 4.78 is 0. The first kappa shape index (κ1) is 13.4. The van der Waals surface area contributed by atoms with E-state index >= 15 is 0 Å². The van der Waals surface area contributed by atoms with Gasteiger partial charge < -0.3 is 10.6 Å². The van der Waals surface area contributed by atoms with Crippen LogP contribution in [0.5, 0.6) is 0 Å². The molecule has 2 N–H and O–H groups in total. The van der Waals surface area contributed by atoms with E-state index in [1.165, 1.54) is 0 Å². The monoisotopic (exact) mass is 200 g/mol. The summed E-state index contributed by atoms with van der Waals surface area (Å²) in [4.78, 5) is 11.4. The second-order valence-corrected chi connectivity index (χ2v) is 4.23. The lowest BCUT2D eigenvalue weighted by Crippen LogP contribution is -2.28. The van der Waals surface area contributed by atoms with Crippen molar-refractivity contribution in [2.75, 3.05) is 20.1 Å². The smallest absolute Gasteiger partial charge is 0.220 e. The molecule has 0 aliphatic rings. The molecule has 1 amide bonds. The fourth-order valence-corrected chi connectivity index (χ4v) is 1.09. The largest absolute Gasteiger partial charge is 0.356 e. The minimum atomic E-state index is 0.183. The van der Waals surface area contributed by atoms with E-state index in [0.717, 1.165) is 19.5 Å². The normalized spacial score (nSPS) is 12.9. The van der Waals surface area contributed by atoms with Gasteiger partial charge in [0.25, 0.3) is 0 Å². The molecular weight excluding hydrogens is 176 g/mol. The number of carbonyl (C=O) groups is 1. The molecule has 0 aliphatic heterocycles. The van der Waals surface area contributed by atoms with Crippen molar-refractivity contribution in [2.45, 2.75) is 33.6 Å². The first-order valence-electron chi connectivity index (χ1n) is 5.49. The Morgan fingerprint density at radius 1 is 1.21 bits per heavy atom. The third-order valence-corrected chi connectivity index (χ3v) is 2.57. The zero-order valence-corrected chi connectivity index (χ0v) is 9.89. The van der Waals surface area contributed by atoms with Crippen LogP contribution in [-0.4, -0.2) is 26.0 Å². The van der Waals surface area contributed by atoms with Crippen LogP contribution in [-0.2, 0) is 4.79 Å². The van der Waals surface area contributed by atoms with Crippen molar-refractivity contribution in [1.29, 1.82) is 0 Å². The molecule has 0 fully saturated rings. The van der Waals surface area contributed by atoms with Crippen molar-refractivity contribution in [3.63, 3.8) is 0 Å². The number of hydrogen-bond donors (Lipinski definition) is 2. The zero-order valence-electron chi connectivity index (χ0n) is 9.89. The summed E-state index contributed by atoms with van der Waals surface area (Å²) in [6.07, 6.45) is 1.65. The van der Waals surface area contributed by atoms with Crippen molar-refractivity contribution >= 4 is 5.91 Å². The number of amides is 1. The molecule has 0 radical (unpaired) electrons. The van der Waals surface area contributed by atoms with Gasteiger partial charge in [0, 0.05) is 13.0 Å². The second kappa shape index (κ2) is 7.80. The molecule has 84 valence electrons. The van der Waals surface area contributed by atoms with Gasteiger partial charge in [-0.3, -0.25) is 4.79 Å². The third kappa shape index (κ3) is 6.89. The molecule has 0 rings (SSSR count). The maximum absolute atomic E-state index is 11.4. The van der Waals surface area contributed by atoms with Gasteiger partial charge in [0.15, 0.2) is 0 Å². The molecule has 0 aromatic rings. The van der Waals surface area contributed by atoms with Crippen LogP contribution in [0.15, 0.2) is 0 Å². The zero-order chi connectivity index (χ0) is 11.0. The van der Waals surface area contributed by atoms with Gasteiger partial charge in [-0.2, -0.15) is 0 Å². The number of carbonyl (C=O) groups excluding carboxylic acids is 1. The van der Waals surface area contributed by atoms with Crippen molar-refractivity contribution in [3.05, 3.63) is 0 Å². The Balaban J connectivity index is 3.45. The van der Waals surface area contributed by atoms with E-state index in [1.54, 1.807) is 0 Å². The van der Waals surface area contributed by atoms with E-state index in [-0.39, 0.29) is 5.91 Å². The molecule has 0 aromatic heterocycles. The Labute approximate surface area is 87.6 Å². The topological polar surface area (TPSA) is 41.1 Å². The van der Waals surface area contributed by atoms with E-state index in [1.807, 2.05) is 7.05 Å². The molecule has 0 saturated heterocycles. The van der Waals surface area contributed by atoms with Crippen LogP contribution < -0.4 is 10.6 Å². The van der Waals surface area contributed by atoms with E-state index < -0.39 is 0 Å². The Kier molecular flexibility index (Phi) is 7.48. The van der Waals surface area contributed by atoms with Gasteiger partial charge in [0.05, 0.1) is 0 Å². The second-order valence-electron chi connectivity index (χ2n) is 4.23. The van der Waals surface area contributed by atoms with Crippen LogP contribution in [0.1, 0.15) is 33.6 Å². The number of nitrogens with one attached hydrogen (secondary N) is 2. The molecular formula is C11H24N2O. The molecule has 3 heteroatoms. The Morgan fingerprint density at radius 2 is 1.86 bits per heavy atom. The summed E-state index contributed by atoms with van der Waals surface area (Å²) >= 11 is 0. The maximum Gasteiger partial charge on any atom is 0.220 e. The van der Waals surface area contributed by atoms with E-state index in [9.17, 15) is 4.79 Å². The molecule has 0 saturated carbocycles. The van der Waals surface area contributed by atoms with Crippen molar-refractivity contribution in [1.82, 2.24) is 10.6 Å². The third-order valence-electron chi connectivity index (χ3n) is 2.57. The van der Waals surface area contributed by atoms with E-state index in [4.69, 9.17) is 0 Å². The fraction of sp³-hybridized carbons (Fsp3) is 0.909. The quantitative estimate of drug-likeness (QED) is 0.610. The molecule has 14 heavy (non-hydrogen) atoms. The van der Waals surface area contributed by atoms with Gasteiger partial charge >= 0.3 is 0 Å². The van der Waals surface area contributed by atoms with Gasteiger partial charge in [-0.15, -0.1) is 0 Å². The van der Waals surface area contributed by atoms with Gasteiger partial charge in [-0.05, 0) is 31.8 Å². The number of hydrogen-bond acceptors (Lipinski definition) is 2. The predicted octanol–water partition coefficient (Wildman–Crippen LogP) is 1.39. The summed E-state index contributed by atoms with van der Waals surface area (Å²) in [5, 5.41) is 5.97. The van der Waals surface area contributed by atoms with E-state index in [0.29, 0.717) is 18.3 Å². The molecule has 0 aliphatic carbocycles. The molecule has 0 bridgehead atoms. The van der Waals surface area contributed by atoms with Crippen LogP contribution in [0.4, 0.5) is 0 Å². The predicted molar refractivity (Wildman–Crippen MR) is 60.2 cm³/mol. The van der Waals surface area contributed by atoms with Gasteiger partial charge in [0.1, 0.15) is 0 Å². The summed E-state index contributed by atoms with van der Waals surface area (Å²) in [5.41, 5.74) is 0. The standard InChI is InChI=1S/C11H24N2O/c1-9(2)10(3)8-11(14)13-7-5-6-12-4/h9-10,12H,5-8H2,1-4H3,(H,13,14). The minimum Gasteiger partial charge on any atom is -0.356 e.